The van der Waals surface area contributed by atoms with Crippen molar-refractivity contribution < 1.29 is 19.4 Å². The van der Waals surface area contributed by atoms with E-state index in [9.17, 15) is 9.90 Å². The Morgan fingerprint density at radius 1 is 1.00 bits per heavy atom. The maximum absolute atomic E-state index is 12.6. The molecule has 0 spiro atoms. The van der Waals surface area contributed by atoms with E-state index >= 15 is 0 Å². The van der Waals surface area contributed by atoms with Crippen molar-refractivity contribution in [2.45, 2.75) is 19.3 Å². The van der Waals surface area contributed by atoms with Gasteiger partial charge in [0.25, 0.3) is 0 Å². The molecule has 5 nitrogen and oxygen atoms in total. The van der Waals surface area contributed by atoms with Crippen LogP contribution in [-0.2, 0) is 11.2 Å². The highest BCUT2D eigenvalue weighted by atomic mass is 16.5. The molecule has 0 aliphatic heterocycles. The van der Waals surface area contributed by atoms with Crippen LogP contribution in [0.4, 0.5) is 0 Å². The first-order chi connectivity index (χ1) is 14.1. The number of aromatic hydroxyl groups is 1. The fraction of sp³-hybridized carbons (Fsp3) is 0.208. The third kappa shape index (κ3) is 5.51. The summed E-state index contributed by atoms with van der Waals surface area (Å²) in [6.45, 7) is 2.37. The number of methoxy groups -OCH3 is 1. The highest BCUT2D eigenvalue weighted by Crippen LogP contribution is 2.27. The van der Waals surface area contributed by atoms with Gasteiger partial charge < -0.3 is 19.9 Å². The third-order valence-electron chi connectivity index (χ3n) is 4.69. The molecule has 0 unspecified atom stereocenters. The number of rotatable bonds is 8. The number of hydrogen-bond donors (Lipinski definition) is 2. The molecule has 0 saturated carbocycles. The first-order valence-electron chi connectivity index (χ1n) is 9.53. The van der Waals surface area contributed by atoms with Crippen LogP contribution >= 0.6 is 0 Å². The largest absolute Gasteiger partial charge is 0.504 e. The van der Waals surface area contributed by atoms with Gasteiger partial charge in [-0.1, -0.05) is 36.4 Å². The monoisotopic (exact) mass is 391 g/mol. The van der Waals surface area contributed by atoms with Gasteiger partial charge in [0.15, 0.2) is 11.5 Å². The van der Waals surface area contributed by atoms with Crippen molar-refractivity contribution in [3.05, 3.63) is 83.9 Å². The van der Waals surface area contributed by atoms with E-state index in [4.69, 9.17) is 9.47 Å². The fourth-order valence-electron chi connectivity index (χ4n) is 2.98. The van der Waals surface area contributed by atoms with Gasteiger partial charge in [0.1, 0.15) is 11.5 Å². The summed E-state index contributed by atoms with van der Waals surface area (Å²) in [4.78, 5) is 12.6. The van der Waals surface area contributed by atoms with Crippen LogP contribution in [0.25, 0.3) is 0 Å². The number of carbonyl (C=O) groups excluding carboxylic acids is 1. The summed E-state index contributed by atoms with van der Waals surface area (Å²) >= 11 is 0. The van der Waals surface area contributed by atoms with Crippen LogP contribution in [0.2, 0.25) is 0 Å². The SMILES string of the molecule is COc1cc(CCNC(=O)[C@@H](C)c2cccc(Oc3ccccc3)c2)ccc1O. The number of carbonyl (C=O) groups is 1. The van der Waals surface area contributed by atoms with Crippen molar-refractivity contribution in [3.8, 4) is 23.0 Å². The number of phenols is 1. The Kier molecular flexibility index (Phi) is 6.74. The van der Waals surface area contributed by atoms with Crippen molar-refractivity contribution in [1.82, 2.24) is 5.32 Å². The maximum Gasteiger partial charge on any atom is 0.227 e. The minimum Gasteiger partial charge on any atom is -0.504 e. The second kappa shape index (κ2) is 9.64. The molecule has 0 bridgehead atoms. The van der Waals surface area contributed by atoms with Crippen molar-refractivity contribution >= 4 is 5.91 Å². The number of nitrogens with one attached hydrogen (secondary N) is 1. The Hall–Kier alpha value is -3.47. The average Bonchev–Trinajstić information content (AvgIpc) is 2.75. The van der Waals surface area contributed by atoms with Gasteiger partial charge in [-0.3, -0.25) is 4.79 Å². The smallest absolute Gasteiger partial charge is 0.227 e. The van der Waals surface area contributed by atoms with Crippen molar-refractivity contribution in [2.24, 2.45) is 0 Å². The number of benzene rings is 3. The molecule has 0 fully saturated rings. The van der Waals surface area contributed by atoms with E-state index in [0.29, 0.717) is 24.5 Å². The van der Waals surface area contributed by atoms with Crippen molar-refractivity contribution in [1.29, 1.82) is 0 Å². The lowest BCUT2D eigenvalue weighted by molar-refractivity contribution is -0.122. The first kappa shape index (κ1) is 20.3. The van der Waals surface area contributed by atoms with Gasteiger partial charge in [0.05, 0.1) is 13.0 Å². The highest BCUT2D eigenvalue weighted by molar-refractivity contribution is 5.83. The number of phenolic OH excluding ortho intramolecular Hbond substituents is 1. The molecule has 150 valence electrons. The lowest BCUT2D eigenvalue weighted by Crippen LogP contribution is -2.29. The minimum absolute atomic E-state index is 0.0485. The molecule has 29 heavy (non-hydrogen) atoms. The van der Waals surface area contributed by atoms with Gasteiger partial charge in [-0.25, -0.2) is 0 Å². The van der Waals surface area contributed by atoms with Gasteiger partial charge in [-0.15, -0.1) is 0 Å². The van der Waals surface area contributed by atoms with Gasteiger partial charge >= 0.3 is 0 Å². The first-order valence-corrected chi connectivity index (χ1v) is 9.53. The Labute approximate surface area is 170 Å². The molecule has 1 atom stereocenters. The molecule has 0 saturated heterocycles. The Balaban J connectivity index is 1.56. The van der Waals surface area contributed by atoms with E-state index in [2.05, 4.69) is 5.32 Å². The molecule has 0 heterocycles. The van der Waals surface area contributed by atoms with Crippen LogP contribution in [0.5, 0.6) is 23.0 Å². The van der Waals surface area contributed by atoms with E-state index in [-0.39, 0.29) is 17.6 Å². The predicted molar refractivity (Wildman–Crippen MR) is 113 cm³/mol. The van der Waals surface area contributed by atoms with E-state index in [1.54, 1.807) is 12.1 Å². The van der Waals surface area contributed by atoms with Crippen molar-refractivity contribution in [2.75, 3.05) is 13.7 Å². The quantitative estimate of drug-likeness (QED) is 0.586. The standard InChI is InChI=1S/C24H25NO4/c1-17(19-7-6-10-21(16-19)29-20-8-4-3-5-9-20)24(27)25-14-13-18-11-12-22(26)23(15-18)28-2/h3-12,15-17,26H,13-14H2,1-2H3,(H,25,27)/t17-/m0/s1. The van der Waals surface area contributed by atoms with Crippen LogP contribution in [0.15, 0.2) is 72.8 Å². The van der Waals surface area contributed by atoms with E-state index in [0.717, 1.165) is 16.9 Å². The molecule has 3 aromatic carbocycles. The topological polar surface area (TPSA) is 67.8 Å². The molecule has 0 aliphatic rings. The predicted octanol–water partition coefficient (Wildman–Crippen LogP) is 4.66. The lowest BCUT2D eigenvalue weighted by Gasteiger charge is -2.14. The fourth-order valence-corrected chi connectivity index (χ4v) is 2.98. The number of para-hydroxylation sites is 1. The summed E-state index contributed by atoms with van der Waals surface area (Å²) in [6, 6.07) is 22.3. The summed E-state index contributed by atoms with van der Waals surface area (Å²) in [5.41, 5.74) is 1.87. The molecular weight excluding hydrogens is 366 g/mol. The van der Waals surface area contributed by atoms with Gasteiger partial charge in [0, 0.05) is 6.54 Å². The zero-order chi connectivity index (χ0) is 20.6. The summed E-state index contributed by atoms with van der Waals surface area (Å²) in [5.74, 6) is 1.64. The van der Waals surface area contributed by atoms with E-state index in [1.165, 1.54) is 7.11 Å². The van der Waals surface area contributed by atoms with E-state index < -0.39 is 0 Å². The zero-order valence-corrected chi connectivity index (χ0v) is 16.6. The van der Waals surface area contributed by atoms with E-state index in [1.807, 2.05) is 67.6 Å². The minimum atomic E-state index is -0.302. The Morgan fingerprint density at radius 3 is 2.52 bits per heavy atom. The maximum atomic E-state index is 12.6. The van der Waals surface area contributed by atoms with Crippen LogP contribution in [0.3, 0.4) is 0 Å². The van der Waals surface area contributed by atoms with Crippen LogP contribution in [0, 0.1) is 0 Å². The average molecular weight is 391 g/mol. The Morgan fingerprint density at radius 2 is 1.76 bits per heavy atom. The normalized spacial score (nSPS) is 11.5. The highest BCUT2D eigenvalue weighted by Gasteiger charge is 2.15. The summed E-state index contributed by atoms with van der Waals surface area (Å²) in [6.07, 6.45) is 0.645. The number of amides is 1. The summed E-state index contributed by atoms with van der Waals surface area (Å²) < 4.78 is 11.0. The molecule has 0 aliphatic carbocycles. The summed E-state index contributed by atoms with van der Waals surface area (Å²) in [7, 11) is 1.51. The van der Waals surface area contributed by atoms with Crippen molar-refractivity contribution in [3.63, 3.8) is 0 Å². The second-order valence-corrected chi connectivity index (χ2v) is 6.76. The molecule has 5 heteroatoms. The molecule has 2 N–H and O–H groups in total. The van der Waals surface area contributed by atoms with Crippen LogP contribution < -0.4 is 14.8 Å². The summed E-state index contributed by atoms with van der Waals surface area (Å²) in [5, 5.41) is 12.6. The molecule has 0 aromatic heterocycles. The lowest BCUT2D eigenvalue weighted by atomic mass is 10.00. The second-order valence-electron chi connectivity index (χ2n) is 6.76. The molecule has 1 amide bonds. The number of ether oxygens (including phenoxy) is 2. The van der Waals surface area contributed by atoms with Crippen LogP contribution in [-0.4, -0.2) is 24.7 Å². The van der Waals surface area contributed by atoms with Gasteiger partial charge in [-0.05, 0) is 60.9 Å². The van der Waals surface area contributed by atoms with Crippen LogP contribution in [0.1, 0.15) is 24.0 Å². The van der Waals surface area contributed by atoms with Gasteiger partial charge in [-0.2, -0.15) is 0 Å². The van der Waals surface area contributed by atoms with Gasteiger partial charge in [0.2, 0.25) is 5.91 Å². The Bertz CT molecular complexity index is 956. The number of hydrogen-bond acceptors (Lipinski definition) is 4. The third-order valence-corrected chi connectivity index (χ3v) is 4.69. The molecule has 0 radical (unpaired) electrons. The molecule has 3 rings (SSSR count). The molecular formula is C24H25NO4. The zero-order valence-electron chi connectivity index (χ0n) is 16.6. The molecule has 3 aromatic rings.